The molecule has 0 spiro atoms. The van der Waals surface area contributed by atoms with Crippen LogP contribution in [0.4, 0.5) is 0 Å². The Hall–Kier alpha value is -1.45. The first-order valence-corrected chi connectivity index (χ1v) is 4.25. The van der Waals surface area contributed by atoms with Crippen molar-refractivity contribution in [1.29, 1.82) is 0 Å². The van der Waals surface area contributed by atoms with Crippen LogP contribution in [-0.4, -0.2) is 19.8 Å². The van der Waals surface area contributed by atoms with E-state index in [-0.39, 0.29) is 5.41 Å². The highest BCUT2D eigenvalue weighted by Gasteiger charge is 2.16. The van der Waals surface area contributed by atoms with Crippen LogP contribution >= 0.6 is 0 Å². The minimum absolute atomic E-state index is 0.0407. The van der Waals surface area contributed by atoms with Crippen LogP contribution in [0.15, 0.2) is 18.5 Å². The number of hydrogen-bond acceptors (Lipinski definition) is 3. The summed E-state index contributed by atoms with van der Waals surface area (Å²) in [5, 5.41) is 8.14. The largest absolute Gasteiger partial charge is 0.230 e. The predicted octanol–water partition coefficient (Wildman–Crippen LogP) is 1.42. The van der Waals surface area contributed by atoms with Gasteiger partial charge in [0.05, 0.1) is 18.1 Å². The first-order valence-electron chi connectivity index (χ1n) is 4.25. The molecular weight excluding hydrogens is 164 g/mol. The van der Waals surface area contributed by atoms with Crippen LogP contribution in [-0.2, 0) is 5.41 Å². The first-order chi connectivity index (χ1) is 6.07. The average Bonchev–Trinajstić information content (AvgIpc) is 2.47. The predicted molar refractivity (Wildman–Crippen MR) is 49.5 cm³/mol. The van der Waals surface area contributed by atoms with Crippen LogP contribution in [0.25, 0.3) is 5.65 Å². The Morgan fingerprint density at radius 2 is 2.00 bits per heavy atom. The molecule has 2 rings (SSSR count). The van der Waals surface area contributed by atoms with Gasteiger partial charge in [0, 0.05) is 11.5 Å². The molecule has 13 heavy (non-hydrogen) atoms. The maximum atomic E-state index is 4.44. The number of rotatable bonds is 0. The van der Waals surface area contributed by atoms with Crippen molar-refractivity contribution in [2.45, 2.75) is 26.2 Å². The normalized spacial score (nSPS) is 12.2. The third-order valence-corrected chi connectivity index (χ3v) is 1.90. The molecular formula is C9H12N4. The van der Waals surface area contributed by atoms with E-state index in [1.807, 2.05) is 6.07 Å². The van der Waals surface area contributed by atoms with E-state index in [1.165, 1.54) is 4.63 Å². The Balaban J connectivity index is 2.61. The van der Waals surface area contributed by atoms with E-state index >= 15 is 0 Å². The molecule has 0 fully saturated rings. The van der Waals surface area contributed by atoms with Gasteiger partial charge in [0.2, 0.25) is 0 Å². The molecule has 2 heterocycles. The summed E-state index contributed by atoms with van der Waals surface area (Å²) in [5.74, 6) is 0. The molecule has 68 valence electrons. The zero-order valence-electron chi connectivity index (χ0n) is 8.02. The lowest BCUT2D eigenvalue weighted by Gasteiger charge is -2.16. The zero-order chi connectivity index (χ0) is 9.47. The molecule has 4 nitrogen and oxygen atoms in total. The van der Waals surface area contributed by atoms with Crippen LogP contribution in [0.5, 0.6) is 0 Å². The number of hydrogen-bond donors (Lipinski definition) is 0. The van der Waals surface area contributed by atoms with E-state index < -0.39 is 0 Å². The molecule has 2 aromatic rings. The van der Waals surface area contributed by atoms with E-state index in [0.29, 0.717) is 0 Å². The third kappa shape index (κ3) is 1.39. The Bertz CT molecular complexity index is 424. The quantitative estimate of drug-likeness (QED) is 0.609. The summed E-state index contributed by atoms with van der Waals surface area (Å²) in [5.41, 5.74) is 1.83. The highest BCUT2D eigenvalue weighted by Crippen LogP contribution is 2.18. The van der Waals surface area contributed by atoms with E-state index in [1.54, 1.807) is 12.4 Å². The van der Waals surface area contributed by atoms with Crippen molar-refractivity contribution in [3.05, 3.63) is 24.2 Å². The SMILES string of the molecule is CC(C)(C)c1cnn2nccc2n1. The van der Waals surface area contributed by atoms with Gasteiger partial charge in [-0.1, -0.05) is 20.8 Å². The Kier molecular flexibility index (Phi) is 1.58. The van der Waals surface area contributed by atoms with E-state index in [9.17, 15) is 0 Å². The number of fused-ring (bicyclic) bond motifs is 1. The minimum atomic E-state index is 0.0407. The Morgan fingerprint density at radius 1 is 1.23 bits per heavy atom. The molecule has 0 bridgehead atoms. The lowest BCUT2D eigenvalue weighted by Crippen LogP contribution is -2.15. The molecule has 0 atom stereocenters. The van der Waals surface area contributed by atoms with Crippen LogP contribution in [0.2, 0.25) is 0 Å². The smallest absolute Gasteiger partial charge is 0.176 e. The van der Waals surface area contributed by atoms with Crippen molar-refractivity contribution in [2.24, 2.45) is 0 Å². The van der Waals surface area contributed by atoms with Crippen LogP contribution in [0.1, 0.15) is 26.5 Å². The average molecular weight is 176 g/mol. The van der Waals surface area contributed by atoms with Gasteiger partial charge < -0.3 is 0 Å². The monoisotopic (exact) mass is 176 g/mol. The van der Waals surface area contributed by atoms with E-state index in [4.69, 9.17) is 0 Å². The highest BCUT2D eigenvalue weighted by molar-refractivity contribution is 5.35. The highest BCUT2D eigenvalue weighted by atomic mass is 15.4. The lowest BCUT2D eigenvalue weighted by atomic mass is 9.93. The molecule has 0 radical (unpaired) electrons. The summed E-state index contributed by atoms with van der Waals surface area (Å²) in [6.07, 6.45) is 3.46. The summed E-state index contributed by atoms with van der Waals surface area (Å²) in [6, 6.07) is 1.85. The van der Waals surface area contributed by atoms with Crippen molar-refractivity contribution in [1.82, 2.24) is 19.8 Å². The number of nitrogens with zero attached hydrogens (tertiary/aromatic N) is 4. The van der Waals surface area contributed by atoms with Gasteiger partial charge in [-0.15, -0.1) is 4.63 Å². The molecule has 0 aliphatic heterocycles. The molecule has 0 saturated heterocycles. The fourth-order valence-electron chi connectivity index (χ4n) is 1.08. The second-order valence-corrected chi connectivity index (χ2v) is 4.07. The number of aromatic nitrogens is 4. The van der Waals surface area contributed by atoms with Crippen LogP contribution in [0, 0.1) is 0 Å². The van der Waals surface area contributed by atoms with Crippen LogP contribution in [0.3, 0.4) is 0 Å². The molecule has 0 N–H and O–H groups in total. The second-order valence-electron chi connectivity index (χ2n) is 4.07. The fourth-order valence-corrected chi connectivity index (χ4v) is 1.08. The van der Waals surface area contributed by atoms with E-state index in [0.717, 1.165) is 11.3 Å². The van der Waals surface area contributed by atoms with Gasteiger partial charge in [-0.25, -0.2) is 4.98 Å². The summed E-state index contributed by atoms with van der Waals surface area (Å²) >= 11 is 0. The minimum Gasteiger partial charge on any atom is -0.230 e. The van der Waals surface area contributed by atoms with Gasteiger partial charge in [0.25, 0.3) is 0 Å². The van der Waals surface area contributed by atoms with Crippen molar-refractivity contribution >= 4 is 5.65 Å². The third-order valence-electron chi connectivity index (χ3n) is 1.90. The van der Waals surface area contributed by atoms with Gasteiger partial charge in [-0.3, -0.25) is 0 Å². The Morgan fingerprint density at radius 3 is 2.69 bits per heavy atom. The summed E-state index contributed by atoms with van der Waals surface area (Å²) in [7, 11) is 0. The Labute approximate surface area is 76.6 Å². The molecule has 2 aromatic heterocycles. The van der Waals surface area contributed by atoms with Gasteiger partial charge in [-0.05, 0) is 0 Å². The molecule has 0 aromatic carbocycles. The zero-order valence-corrected chi connectivity index (χ0v) is 8.02. The molecule has 0 amide bonds. The van der Waals surface area contributed by atoms with Crippen molar-refractivity contribution in [3.8, 4) is 0 Å². The van der Waals surface area contributed by atoms with E-state index in [2.05, 4.69) is 36.0 Å². The molecule has 0 saturated carbocycles. The summed E-state index contributed by atoms with van der Waals surface area (Å²) in [6.45, 7) is 6.34. The molecule has 0 unspecified atom stereocenters. The van der Waals surface area contributed by atoms with Crippen molar-refractivity contribution in [3.63, 3.8) is 0 Å². The molecule has 0 aliphatic rings. The van der Waals surface area contributed by atoms with Crippen molar-refractivity contribution < 1.29 is 0 Å². The lowest BCUT2D eigenvalue weighted by molar-refractivity contribution is 0.559. The standard InChI is InChI=1S/C9H12N4/c1-9(2,3)7-6-11-13-8(12-7)4-5-10-13/h4-6H,1-3H3. The summed E-state index contributed by atoms with van der Waals surface area (Å²) < 4.78 is 1.52. The van der Waals surface area contributed by atoms with Gasteiger partial charge in [-0.2, -0.15) is 10.2 Å². The molecule has 0 aliphatic carbocycles. The van der Waals surface area contributed by atoms with Crippen molar-refractivity contribution in [2.75, 3.05) is 0 Å². The van der Waals surface area contributed by atoms with Gasteiger partial charge in [0.1, 0.15) is 0 Å². The maximum absolute atomic E-state index is 4.44. The first kappa shape index (κ1) is 8.16. The topological polar surface area (TPSA) is 43.1 Å². The second kappa shape index (κ2) is 2.52. The fraction of sp³-hybridized carbons (Fsp3) is 0.444. The maximum Gasteiger partial charge on any atom is 0.176 e. The molecule has 4 heteroatoms. The van der Waals surface area contributed by atoms with Crippen LogP contribution < -0.4 is 0 Å². The van der Waals surface area contributed by atoms with Gasteiger partial charge in [0.15, 0.2) is 5.65 Å². The van der Waals surface area contributed by atoms with Gasteiger partial charge >= 0.3 is 0 Å². The summed E-state index contributed by atoms with van der Waals surface area (Å²) in [4.78, 5) is 4.44.